The zero-order chi connectivity index (χ0) is 17.3. The van der Waals surface area contributed by atoms with Gasteiger partial charge in [0.2, 0.25) is 0 Å². The Kier molecular flexibility index (Phi) is 4.28. The molecule has 0 amide bonds. The summed E-state index contributed by atoms with van der Waals surface area (Å²) >= 11 is 0. The average molecular weight is 336 g/mol. The molecule has 1 unspecified atom stereocenters. The number of carboxylic acids is 1. The number of aromatic carboxylic acids is 1. The highest BCUT2D eigenvalue weighted by Gasteiger charge is 2.34. The third-order valence-electron chi connectivity index (χ3n) is 4.14. The lowest BCUT2D eigenvalue weighted by Gasteiger charge is -2.15. The molecule has 2 N–H and O–H groups in total. The molecular formula is C17H15F3N2O2. The van der Waals surface area contributed by atoms with Crippen LogP contribution < -0.4 is 5.32 Å². The maximum atomic E-state index is 13.0. The molecule has 0 saturated heterocycles. The molecule has 1 aliphatic carbocycles. The van der Waals surface area contributed by atoms with Crippen LogP contribution in [0.4, 0.5) is 13.2 Å². The Morgan fingerprint density at radius 2 is 2.00 bits per heavy atom. The average Bonchev–Trinajstić information content (AvgIpc) is 2.94. The maximum absolute atomic E-state index is 13.0. The van der Waals surface area contributed by atoms with Crippen LogP contribution in [-0.2, 0) is 25.6 Å². The molecule has 3 rings (SSSR count). The number of hydrogen-bond donors (Lipinski definition) is 2. The normalized spacial score (nSPS) is 16.9. The molecule has 1 atom stereocenters. The number of nitrogens with zero attached hydrogens (tertiary/aromatic N) is 1. The second-order valence-electron chi connectivity index (χ2n) is 5.77. The van der Waals surface area contributed by atoms with Gasteiger partial charge in [0.25, 0.3) is 0 Å². The SMILES string of the molecule is O=C(O)c1ccc2c(c1)CC(NCc1ncccc1C(F)(F)F)C2. The van der Waals surface area contributed by atoms with E-state index in [0.717, 1.165) is 17.2 Å². The summed E-state index contributed by atoms with van der Waals surface area (Å²) in [5.41, 5.74) is 1.39. The highest BCUT2D eigenvalue weighted by molar-refractivity contribution is 5.88. The number of rotatable bonds is 4. The summed E-state index contributed by atoms with van der Waals surface area (Å²) in [7, 11) is 0. The van der Waals surface area contributed by atoms with Gasteiger partial charge >= 0.3 is 12.1 Å². The van der Waals surface area contributed by atoms with E-state index in [2.05, 4.69) is 10.3 Å². The number of carbonyl (C=O) groups is 1. The Bertz CT molecular complexity index is 775. The van der Waals surface area contributed by atoms with Gasteiger partial charge in [0.1, 0.15) is 0 Å². The van der Waals surface area contributed by atoms with Gasteiger partial charge in [-0.3, -0.25) is 4.98 Å². The molecule has 0 saturated carbocycles. The highest BCUT2D eigenvalue weighted by atomic mass is 19.4. The fourth-order valence-corrected chi connectivity index (χ4v) is 2.97. The van der Waals surface area contributed by atoms with E-state index in [-0.39, 0.29) is 23.8 Å². The van der Waals surface area contributed by atoms with Crippen molar-refractivity contribution < 1.29 is 23.1 Å². The van der Waals surface area contributed by atoms with Crippen molar-refractivity contribution in [1.82, 2.24) is 10.3 Å². The van der Waals surface area contributed by atoms with Crippen molar-refractivity contribution in [2.45, 2.75) is 31.6 Å². The van der Waals surface area contributed by atoms with Crippen LogP contribution in [0, 0.1) is 0 Å². The van der Waals surface area contributed by atoms with Gasteiger partial charge in [-0.05, 0) is 48.2 Å². The second-order valence-corrected chi connectivity index (χ2v) is 5.77. The number of benzene rings is 1. The Labute approximate surface area is 136 Å². The summed E-state index contributed by atoms with van der Waals surface area (Å²) in [4.78, 5) is 14.8. The van der Waals surface area contributed by atoms with Gasteiger partial charge in [0, 0.05) is 18.8 Å². The van der Waals surface area contributed by atoms with Crippen molar-refractivity contribution in [2.24, 2.45) is 0 Å². The van der Waals surface area contributed by atoms with E-state index in [1.165, 1.54) is 12.3 Å². The molecule has 4 nitrogen and oxygen atoms in total. The van der Waals surface area contributed by atoms with Crippen LogP contribution in [0.5, 0.6) is 0 Å². The maximum Gasteiger partial charge on any atom is 0.418 e. The van der Waals surface area contributed by atoms with Crippen LogP contribution in [0.15, 0.2) is 36.5 Å². The standard InChI is InChI=1S/C17H15F3N2O2/c18-17(19,20)14-2-1-5-21-15(14)9-22-13-7-10-3-4-11(16(23)24)6-12(10)8-13/h1-6,13,22H,7-9H2,(H,23,24). The molecule has 0 radical (unpaired) electrons. The predicted octanol–water partition coefficient (Wildman–Crippen LogP) is 3.06. The smallest absolute Gasteiger partial charge is 0.418 e. The third kappa shape index (κ3) is 3.41. The number of fused-ring (bicyclic) bond motifs is 1. The quantitative estimate of drug-likeness (QED) is 0.901. The van der Waals surface area contributed by atoms with E-state index >= 15 is 0 Å². The van der Waals surface area contributed by atoms with Gasteiger partial charge in [0.05, 0.1) is 16.8 Å². The first-order chi connectivity index (χ1) is 11.3. The molecule has 0 bridgehead atoms. The number of alkyl halides is 3. The van der Waals surface area contributed by atoms with E-state index < -0.39 is 17.7 Å². The van der Waals surface area contributed by atoms with Crippen LogP contribution in [0.25, 0.3) is 0 Å². The molecule has 24 heavy (non-hydrogen) atoms. The van der Waals surface area contributed by atoms with Crippen molar-refractivity contribution in [3.63, 3.8) is 0 Å². The number of halogens is 3. The highest BCUT2D eigenvalue weighted by Crippen LogP contribution is 2.31. The lowest BCUT2D eigenvalue weighted by Crippen LogP contribution is -2.30. The molecule has 0 spiro atoms. The van der Waals surface area contributed by atoms with Gasteiger partial charge in [-0.2, -0.15) is 13.2 Å². The lowest BCUT2D eigenvalue weighted by molar-refractivity contribution is -0.138. The minimum absolute atomic E-state index is 0.0140. The second kappa shape index (κ2) is 6.24. The van der Waals surface area contributed by atoms with Gasteiger partial charge in [-0.15, -0.1) is 0 Å². The molecule has 1 aromatic heterocycles. The summed E-state index contributed by atoms with van der Waals surface area (Å²) in [5, 5.41) is 12.1. The van der Waals surface area contributed by atoms with Gasteiger partial charge < -0.3 is 10.4 Å². The Hall–Kier alpha value is -2.41. The number of carboxylic acid groups (broad SMARTS) is 1. The largest absolute Gasteiger partial charge is 0.478 e. The van der Waals surface area contributed by atoms with Crippen LogP contribution in [0.2, 0.25) is 0 Å². The first kappa shape index (κ1) is 16.4. The third-order valence-corrected chi connectivity index (χ3v) is 4.14. The van der Waals surface area contributed by atoms with Crippen molar-refractivity contribution in [2.75, 3.05) is 0 Å². The van der Waals surface area contributed by atoms with E-state index in [1.54, 1.807) is 18.2 Å². The van der Waals surface area contributed by atoms with Crippen LogP contribution in [0.3, 0.4) is 0 Å². The van der Waals surface area contributed by atoms with Crippen molar-refractivity contribution in [3.8, 4) is 0 Å². The summed E-state index contributed by atoms with van der Waals surface area (Å²) in [6.07, 6.45) is -1.84. The fraction of sp³-hybridized carbons (Fsp3) is 0.294. The molecule has 1 aromatic carbocycles. The Morgan fingerprint density at radius 1 is 1.25 bits per heavy atom. The minimum Gasteiger partial charge on any atom is -0.478 e. The molecule has 0 aliphatic heterocycles. The van der Waals surface area contributed by atoms with E-state index in [4.69, 9.17) is 5.11 Å². The molecule has 0 fully saturated rings. The van der Waals surface area contributed by atoms with Crippen LogP contribution in [-0.4, -0.2) is 22.1 Å². The zero-order valence-electron chi connectivity index (χ0n) is 12.6. The number of aromatic nitrogens is 1. The van der Waals surface area contributed by atoms with Crippen molar-refractivity contribution in [3.05, 3.63) is 64.5 Å². The fourth-order valence-electron chi connectivity index (χ4n) is 2.97. The topological polar surface area (TPSA) is 62.2 Å². The van der Waals surface area contributed by atoms with Gasteiger partial charge in [-0.1, -0.05) is 6.07 Å². The summed E-state index contributed by atoms with van der Waals surface area (Å²) < 4.78 is 38.9. The monoisotopic (exact) mass is 336 g/mol. The summed E-state index contributed by atoms with van der Waals surface area (Å²) in [5.74, 6) is -0.988. The van der Waals surface area contributed by atoms with Crippen LogP contribution in [0.1, 0.15) is 32.7 Å². The van der Waals surface area contributed by atoms with Crippen molar-refractivity contribution in [1.29, 1.82) is 0 Å². The number of hydrogen-bond acceptors (Lipinski definition) is 3. The van der Waals surface area contributed by atoms with Crippen molar-refractivity contribution >= 4 is 5.97 Å². The minimum atomic E-state index is -4.43. The molecule has 1 aliphatic rings. The molecule has 126 valence electrons. The van der Waals surface area contributed by atoms with E-state index in [1.807, 2.05) is 0 Å². The predicted molar refractivity (Wildman–Crippen MR) is 80.7 cm³/mol. The van der Waals surface area contributed by atoms with Crippen LogP contribution >= 0.6 is 0 Å². The van der Waals surface area contributed by atoms with E-state index in [9.17, 15) is 18.0 Å². The number of nitrogens with one attached hydrogen (secondary N) is 1. The molecular weight excluding hydrogens is 321 g/mol. The molecule has 1 heterocycles. The zero-order valence-corrected chi connectivity index (χ0v) is 12.6. The first-order valence-corrected chi connectivity index (χ1v) is 7.44. The van der Waals surface area contributed by atoms with E-state index in [0.29, 0.717) is 12.8 Å². The Morgan fingerprint density at radius 3 is 2.71 bits per heavy atom. The lowest BCUT2D eigenvalue weighted by atomic mass is 10.1. The number of pyridine rings is 1. The molecule has 7 heteroatoms. The Balaban J connectivity index is 1.68. The summed E-state index contributed by atoms with van der Waals surface area (Å²) in [6, 6.07) is 7.19. The van der Waals surface area contributed by atoms with Gasteiger partial charge in [-0.25, -0.2) is 4.79 Å². The molecule has 2 aromatic rings. The summed E-state index contributed by atoms with van der Waals surface area (Å²) in [6.45, 7) is 0.0140. The first-order valence-electron chi connectivity index (χ1n) is 7.44. The van der Waals surface area contributed by atoms with Gasteiger partial charge in [0.15, 0.2) is 0 Å².